The molecule has 0 bridgehead atoms. The fourth-order valence-corrected chi connectivity index (χ4v) is 4.87. The molecule has 2 heterocycles. The van der Waals surface area contributed by atoms with Gasteiger partial charge in [-0.25, -0.2) is 8.42 Å². The molecule has 0 N–H and O–H groups in total. The molecule has 0 radical (unpaired) electrons. The van der Waals surface area contributed by atoms with E-state index in [9.17, 15) is 18.0 Å². The third kappa shape index (κ3) is 5.73. The van der Waals surface area contributed by atoms with E-state index in [-0.39, 0.29) is 30.2 Å². The van der Waals surface area contributed by atoms with Crippen molar-refractivity contribution in [2.45, 2.75) is 38.1 Å². The van der Waals surface area contributed by atoms with Gasteiger partial charge in [0.15, 0.2) is 0 Å². The fourth-order valence-electron chi connectivity index (χ4n) is 3.19. The number of ether oxygens (including phenoxy) is 1. The van der Waals surface area contributed by atoms with Gasteiger partial charge in [0, 0.05) is 51.7 Å². The Morgan fingerprint density at radius 3 is 2.24 bits per heavy atom. The molecule has 0 aliphatic carbocycles. The summed E-state index contributed by atoms with van der Waals surface area (Å²) in [4.78, 5) is 26.8. The number of hydrogen-bond acceptors (Lipinski definition) is 6. The molecule has 144 valence electrons. The monoisotopic (exact) mass is 375 g/mol. The third-order valence-corrected chi connectivity index (χ3v) is 6.57. The van der Waals surface area contributed by atoms with E-state index in [0.717, 1.165) is 4.90 Å². The van der Waals surface area contributed by atoms with Gasteiger partial charge in [-0.05, 0) is 33.4 Å². The average molecular weight is 375 g/mol. The first kappa shape index (κ1) is 20.3. The molecule has 0 atom stereocenters. The van der Waals surface area contributed by atoms with E-state index in [0.29, 0.717) is 58.4 Å². The summed E-state index contributed by atoms with van der Waals surface area (Å²) in [7, 11) is 0.246. The zero-order chi connectivity index (χ0) is 18.4. The van der Waals surface area contributed by atoms with Crippen LogP contribution in [0.3, 0.4) is 0 Å². The van der Waals surface area contributed by atoms with Gasteiger partial charge in [0.25, 0.3) is 0 Å². The number of amides is 2. The minimum atomic E-state index is -3.56. The van der Waals surface area contributed by atoms with Gasteiger partial charge in [0.1, 0.15) is 0 Å². The highest BCUT2D eigenvalue weighted by molar-refractivity contribution is 7.89. The molecule has 0 spiro atoms. The zero-order valence-corrected chi connectivity index (χ0v) is 16.0. The van der Waals surface area contributed by atoms with Crippen molar-refractivity contribution in [1.29, 1.82) is 0 Å². The predicted octanol–water partition coefficient (Wildman–Crippen LogP) is -0.102. The molecular formula is C16H29N3O5S. The largest absolute Gasteiger partial charge is 0.381 e. The summed E-state index contributed by atoms with van der Waals surface area (Å²) in [5.41, 5.74) is 0. The predicted molar refractivity (Wildman–Crippen MR) is 93.5 cm³/mol. The highest BCUT2D eigenvalue weighted by Gasteiger charge is 2.33. The quantitative estimate of drug-likeness (QED) is 0.551. The fraction of sp³-hybridized carbons (Fsp3) is 0.875. The molecule has 25 heavy (non-hydrogen) atoms. The van der Waals surface area contributed by atoms with E-state index in [1.54, 1.807) is 4.31 Å². The molecule has 8 nitrogen and oxygen atoms in total. The van der Waals surface area contributed by atoms with Crippen LogP contribution in [0.5, 0.6) is 0 Å². The van der Waals surface area contributed by atoms with Crippen molar-refractivity contribution in [3.05, 3.63) is 0 Å². The first-order valence-electron chi connectivity index (χ1n) is 8.86. The normalized spacial score (nSPS) is 20.7. The van der Waals surface area contributed by atoms with Crippen LogP contribution in [0.4, 0.5) is 0 Å². The van der Waals surface area contributed by atoms with Crippen molar-refractivity contribution in [1.82, 2.24) is 14.1 Å². The lowest BCUT2D eigenvalue weighted by molar-refractivity contribution is -0.147. The number of rotatable bonds is 8. The van der Waals surface area contributed by atoms with Crippen molar-refractivity contribution in [2.75, 3.05) is 52.7 Å². The highest BCUT2D eigenvalue weighted by atomic mass is 32.2. The smallest absolute Gasteiger partial charge is 0.229 e. The topological polar surface area (TPSA) is 87.2 Å². The van der Waals surface area contributed by atoms with Crippen LogP contribution in [0.1, 0.15) is 32.1 Å². The lowest BCUT2D eigenvalue weighted by Crippen LogP contribution is -2.49. The van der Waals surface area contributed by atoms with Gasteiger partial charge in [-0.15, -0.1) is 0 Å². The molecule has 0 unspecified atom stereocenters. The second-order valence-corrected chi connectivity index (χ2v) is 8.91. The van der Waals surface area contributed by atoms with E-state index in [1.165, 1.54) is 0 Å². The van der Waals surface area contributed by atoms with Gasteiger partial charge < -0.3 is 9.64 Å². The van der Waals surface area contributed by atoms with Crippen molar-refractivity contribution in [2.24, 2.45) is 0 Å². The number of likely N-dealkylation sites (tertiary alicyclic amines) is 1. The van der Waals surface area contributed by atoms with E-state index >= 15 is 0 Å². The van der Waals surface area contributed by atoms with Crippen LogP contribution >= 0.6 is 0 Å². The lowest BCUT2D eigenvalue weighted by Gasteiger charge is -2.34. The lowest BCUT2D eigenvalue weighted by atomic mass is 10.1. The summed E-state index contributed by atoms with van der Waals surface area (Å²) in [6.07, 6.45) is 2.53. The number of carbonyl (C=O) groups is 2. The Hall–Kier alpha value is -1.03. The molecule has 2 aliphatic rings. The zero-order valence-electron chi connectivity index (χ0n) is 15.1. The first-order chi connectivity index (χ1) is 11.8. The number of imide groups is 1. The third-order valence-electron chi connectivity index (χ3n) is 4.68. The van der Waals surface area contributed by atoms with Gasteiger partial charge >= 0.3 is 0 Å². The average Bonchev–Trinajstić information content (AvgIpc) is 2.55. The maximum atomic E-state index is 12.9. The number of hydrogen-bond donors (Lipinski definition) is 0. The Balaban J connectivity index is 2.04. The van der Waals surface area contributed by atoms with Gasteiger partial charge in [0.2, 0.25) is 21.8 Å². The molecule has 9 heteroatoms. The molecule has 2 amide bonds. The summed E-state index contributed by atoms with van der Waals surface area (Å²) in [5, 5.41) is 0. The summed E-state index contributed by atoms with van der Waals surface area (Å²) in [6.45, 7) is 2.09. The Morgan fingerprint density at radius 2 is 1.68 bits per heavy atom. The van der Waals surface area contributed by atoms with Gasteiger partial charge in [-0.1, -0.05) is 0 Å². The van der Waals surface area contributed by atoms with Crippen LogP contribution in [0.25, 0.3) is 0 Å². The van der Waals surface area contributed by atoms with Crippen LogP contribution in [-0.4, -0.2) is 93.1 Å². The van der Waals surface area contributed by atoms with E-state index in [1.807, 2.05) is 19.0 Å². The first-order valence-corrected chi connectivity index (χ1v) is 10.5. The standard InChI is InChI=1S/C16H29N3O5S/c1-17(2)8-9-19(14-6-11-24-12-7-14)25(22,23)13-10-18-15(20)4-3-5-16(18)21/h14H,3-13H2,1-2H3. The van der Waals surface area contributed by atoms with E-state index < -0.39 is 10.0 Å². The van der Waals surface area contributed by atoms with Crippen molar-refractivity contribution < 1.29 is 22.7 Å². The van der Waals surface area contributed by atoms with Crippen molar-refractivity contribution >= 4 is 21.8 Å². The molecule has 2 saturated heterocycles. The summed E-state index contributed by atoms with van der Waals surface area (Å²) < 4.78 is 32.7. The van der Waals surface area contributed by atoms with Crippen molar-refractivity contribution in [3.8, 4) is 0 Å². The highest BCUT2D eigenvalue weighted by Crippen LogP contribution is 2.19. The second-order valence-electron chi connectivity index (χ2n) is 6.87. The number of piperidine rings is 1. The Labute approximate surface area is 150 Å². The molecule has 2 fully saturated rings. The van der Waals surface area contributed by atoms with Gasteiger partial charge in [-0.3, -0.25) is 14.5 Å². The molecule has 0 aromatic heterocycles. The maximum absolute atomic E-state index is 12.9. The summed E-state index contributed by atoms with van der Waals surface area (Å²) in [6, 6.07) is -0.0774. The Kier molecular flexibility index (Phi) is 7.36. The molecule has 0 aromatic rings. The number of carbonyl (C=O) groups excluding carboxylic acids is 2. The van der Waals surface area contributed by atoms with E-state index in [4.69, 9.17) is 4.74 Å². The van der Waals surface area contributed by atoms with Crippen molar-refractivity contribution in [3.63, 3.8) is 0 Å². The molecule has 2 aliphatic heterocycles. The Bertz CT molecular complexity index is 556. The van der Waals surface area contributed by atoms with Gasteiger partial charge in [-0.2, -0.15) is 4.31 Å². The minimum Gasteiger partial charge on any atom is -0.381 e. The number of sulfonamides is 1. The molecule has 0 saturated carbocycles. The van der Waals surface area contributed by atoms with Crippen LogP contribution in [0.2, 0.25) is 0 Å². The SMILES string of the molecule is CN(C)CCN(C1CCOCC1)S(=O)(=O)CCN1C(=O)CCCC1=O. The molecule has 0 aromatic carbocycles. The summed E-state index contributed by atoms with van der Waals surface area (Å²) in [5.74, 6) is -0.746. The summed E-state index contributed by atoms with van der Waals surface area (Å²) >= 11 is 0. The number of nitrogens with zero attached hydrogens (tertiary/aromatic N) is 3. The van der Waals surface area contributed by atoms with Crippen LogP contribution in [0, 0.1) is 0 Å². The molecule has 2 rings (SSSR count). The number of likely N-dealkylation sites (N-methyl/N-ethyl adjacent to an activating group) is 1. The van der Waals surface area contributed by atoms with Crippen LogP contribution < -0.4 is 0 Å². The van der Waals surface area contributed by atoms with Crippen LogP contribution in [-0.2, 0) is 24.3 Å². The minimum absolute atomic E-state index is 0.0539. The second kappa shape index (κ2) is 9.07. The maximum Gasteiger partial charge on any atom is 0.229 e. The van der Waals surface area contributed by atoms with Crippen LogP contribution in [0.15, 0.2) is 0 Å². The Morgan fingerprint density at radius 1 is 1.08 bits per heavy atom. The van der Waals surface area contributed by atoms with E-state index in [2.05, 4.69) is 0 Å². The van der Waals surface area contributed by atoms with Gasteiger partial charge in [0.05, 0.1) is 5.75 Å². The molecular weight excluding hydrogens is 346 g/mol.